The first-order valence-electron chi connectivity index (χ1n) is 11.0. The Kier molecular flexibility index (Phi) is 6.78. The van der Waals surface area contributed by atoms with Gasteiger partial charge in [-0.05, 0) is 43.0 Å². The molecule has 2 heterocycles. The van der Waals surface area contributed by atoms with Crippen molar-refractivity contribution in [3.63, 3.8) is 0 Å². The summed E-state index contributed by atoms with van der Waals surface area (Å²) < 4.78 is 2.58. The monoisotopic (exact) mass is 442 g/mol. The van der Waals surface area contributed by atoms with E-state index in [1.165, 1.54) is 14.7 Å². The molecule has 2 aromatic carbocycles. The molecule has 0 aliphatic rings. The van der Waals surface area contributed by atoms with E-state index in [1.54, 1.807) is 18.3 Å². The number of benzene rings is 2. The van der Waals surface area contributed by atoms with E-state index < -0.39 is 11.1 Å². The van der Waals surface area contributed by atoms with Gasteiger partial charge in [-0.2, -0.15) is 0 Å². The average Bonchev–Trinajstić information content (AvgIpc) is 2.84. The van der Waals surface area contributed by atoms with Crippen LogP contribution in [0.2, 0.25) is 0 Å². The summed E-state index contributed by atoms with van der Waals surface area (Å²) in [6.45, 7) is 1.92. The summed E-state index contributed by atoms with van der Waals surface area (Å²) >= 11 is 0. The van der Waals surface area contributed by atoms with E-state index in [1.807, 2.05) is 55.5 Å². The number of amides is 1. The minimum absolute atomic E-state index is 0.0729. The van der Waals surface area contributed by atoms with Gasteiger partial charge in [0.05, 0.1) is 12.1 Å². The molecular formula is C26H26N4O3. The molecule has 4 aromatic rings. The molecule has 1 atom stereocenters. The van der Waals surface area contributed by atoms with Crippen molar-refractivity contribution in [2.75, 3.05) is 0 Å². The molecule has 1 N–H and O–H groups in total. The van der Waals surface area contributed by atoms with Gasteiger partial charge in [-0.1, -0.05) is 60.7 Å². The molecule has 0 spiro atoms. The zero-order valence-corrected chi connectivity index (χ0v) is 18.5. The number of pyridine rings is 1. The minimum Gasteiger partial charge on any atom is -0.352 e. The largest absolute Gasteiger partial charge is 0.352 e. The maximum atomic E-state index is 12.9. The summed E-state index contributed by atoms with van der Waals surface area (Å²) in [6, 6.07) is 22.8. The number of rotatable bonds is 8. The third-order valence-corrected chi connectivity index (χ3v) is 5.59. The molecule has 0 saturated carbocycles. The maximum absolute atomic E-state index is 12.9. The van der Waals surface area contributed by atoms with Crippen LogP contribution in [0.1, 0.15) is 24.5 Å². The fourth-order valence-electron chi connectivity index (χ4n) is 3.88. The van der Waals surface area contributed by atoms with Crippen LogP contribution in [0.4, 0.5) is 0 Å². The lowest BCUT2D eigenvalue weighted by Gasteiger charge is -2.17. The van der Waals surface area contributed by atoms with Crippen molar-refractivity contribution in [3.05, 3.63) is 111 Å². The van der Waals surface area contributed by atoms with E-state index in [2.05, 4.69) is 22.4 Å². The van der Waals surface area contributed by atoms with Crippen LogP contribution < -0.4 is 16.4 Å². The van der Waals surface area contributed by atoms with Gasteiger partial charge in [0.1, 0.15) is 6.54 Å². The molecule has 33 heavy (non-hydrogen) atoms. The Balaban J connectivity index is 1.55. The average molecular weight is 443 g/mol. The van der Waals surface area contributed by atoms with Gasteiger partial charge in [-0.3, -0.25) is 23.5 Å². The summed E-state index contributed by atoms with van der Waals surface area (Å²) in [4.78, 5) is 42.9. The van der Waals surface area contributed by atoms with Crippen LogP contribution in [0, 0.1) is 0 Å². The van der Waals surface area contributed by atoms with E-state index in [0.717, 1.165) is 18.4 Å². The van der Waals surface area contributed by atoms with Gasteiger partial charge >= 0.3 is 11.1 Å². The molecule has 0 unspecified atom stereocenters. The molecule has 2 aromatic heterocycles. The number of aromatic nitrogens is 3. The van der Waals surface area contributed by atoms with Crippen molar-refractivity contribution in [2.24, 2.45) is 0 Å². The van der Waals surface area contributed by atoms with Gasteiger partial charge in [0, 0.05) is 12.2 Å². The zero-order chi connectivity index (χ0) is 23.2. The lowest BCUT2D eigenvalue weighted by atomic mass is 10.1. The van der Waals surface area contributed by atoms with Crippen LogP contribution in [0.5, 0.6) is 0 Å². The van der Waals surface area contributed by atoms with Crippen molar-refractivity contribution in [1.82, 2.24) is 19.4 Å². The highest BCUT2D eigenvalue weighted by atomic mass is 16.2. The first kappa shape index (κ1) is 22.2. The molecule has 0 saturated heterocycles. The molecule has 0 aliphatic heterocycles. The third-order valence-electron chi connectivity index (χ3n) is 5.59. The van der Waals surface area contributed by atoms with E-state index >= 15 is 0 Å². The highest BCUT2D eigenvalue weighted by molar-refractivity contribution is 5.79. The van der Waals surface area contributed by atoms with Crippen molar-refractivity contribution >= 4 is 17.1 Å². The van der Waals surface area contributed by atoms with Gasteiger partial charge in [-0.25, -0.2) is 4.98 Å². The van der Waals surface area contributed by atoms with Gasteiger partial charge in [-0.15, -0.1) is 0 Å². The van der Waals surface area contributed by atoms with Crippen LogP contribution in [-0.4, -0.2) is 26.1 Å². The third kappa shape index (κ3) is 5.26. The first-order chi connectivity index (χ1) is 16.0. The SMILES string of the molecule is C[C@H](CCc1ccccc1)NC(=O)Cn1c(=O)c(=O)n(Cc2ccccc2)c2ncccc21. The Labute approximate surface area is 191 Å². The van der Waals surface area contributed by atoms with Crippen molar-refractivity contribution in [2.45, 2.75) is 38.9 Å². The molecule has 0 aliphatic carbocycles. The second-order valence-corrected chi connectivity index (χ2v) is 8.11. The topological polar surface area (TPSA) is 86.0 Å². The number of aryl methyl sites for hydroxylation is 1. The summed E-state index contributed by atoms with van der Waals surface area (Å²) in [7, 11) is 0. The van der Waals surface area contributed by atoms with Crippen LogP contribution in [-0.2, 0) is 24.3 Å². The van der Waals surface area contributed by atoms with E-state index in [-0.39, 0.29) is 25.0 Å². The zero-order valence-electron chi connectivity index (χ0n) is 18.5. The molecule has 4 rings (SSSR count). The van der Waals surface area contributed by atoms with Gasteiger partial charge in [0.25, 0.3) is 0 Å². The van der Waals surface area contributed by atoms with Crippen LogP contribution in [0.3, 0.4) is 0 Å². The quantitative estimate of drug-likeness (QED) is 0.425. The Bertz CT molecular complexity index is 1360. The number of carbonyl (C=O) groups excluding carboxylic acids is 1. The van der Waals surface area contributed by atoms with Crippen molar-refractivity contribution < 1.29 is 4.79 Å². The van der Waals surface area contributed by atoms with Crippen LogP contribution in [0.25, 0.3) is 11.2 Å². The standard InChI is InChI=1S/C26H26N4O3/c1-19(14-15-20-9-4-2-5-10-20)28-23(31)18-29-22-13-8-16-27-24(22)30(26(33)25(29)32)17-21-11-6-3-7-12-21/h2-13,16,19H,14-15,17-18H2,1H3,(H,28,31)/t19-/m1/s1. The highest BCUT2D eigenvalue weighted by Gasteiger charge is 2.17. The molecule has 1 amide bonds. The second kappa shape index (κ2) is 10.1. The lowest BCUT2D eigenvalue weighted by molar-refractivity contribution is -0.122. The normalized spacial score (nSPS) is 11.9. The predicted molar refractivity (Wildman–Crippen MR) is 128 cm³/mol. The number of hydrogen-bond donors (Lipinski definition) is 1. The van der Waals surface area contributed by atoms with Crippen LogP contribution >= 0.6 is 0 Å². The molecular weight excluding hydrogens is 416 g/mol. The van der Waals surface area contributed by atoms with Crippen molar-refractivity contribution in [3.8, 4) is 0 Å². The summed E-state index contributed by atoms with van der Waals surface area (Å²) in [6.07, 6.45) is 3.18. The summed E-state index contributed by atoms with van der Waals surface area (Å²) in [5.41, 5.74) is 1.47. The smallest absolute Gasteiger partial charge is 0.318 e. The lowest BCUT2D eigenvalue weighted by Crippen LogP contribution is -2.45. The fourth-order valence-corrected chi connectivity index (χ4v) is 3.88. The molecule has 7 nitrogen and oxygen atoms in total. The van der Waals surface area contributed by atoms with E-state index in [9.17, 15) is 14.4 Å². The van der Waals surface area contributed by atoms with E-state index in [4.69, 9.17) is 0 Å². The second-order valence-electron chi connectivity index (χ2n) is 8.11. The molecule has 7 heteroatoms. The Morgan fingerprint density at radius 2 is 1.52 bits per heavy atom. The van der Waals surface area contributed by atoms with Gasteiger partial charge in [0.2, 0.25) is 5.91 Å². The first-order valence-corrected chi connectivity index (χ1v) is 11.0. The minimum atomic E-state index is -0.737. The summed E-state index contributed by atoms with van der Waals surface area (Å²) in [5.74, 6) is -0.317. The van der Waals surface area contributed by atoms with E-state index in [0.29, 0.717) is 11.2 Å². The molecule has 0 fully saturated rings. The maximum Gasteiger partial charge on any atom is 0.318 e. The highest BCUT2D eigenvalue weighted by Crippen LogP contribution is 2.10. The molecule has 0 bridgehead atoms. The Hall–Kier alpha value is -4.00. The molecule has 0 radical (unpaired) electrons. The summed E-state index contributed by atoms with van der Waals surface area (Å²) in [5, 5.41) is 2.94. The predicted octanol–water partition coefficient (Wildman–Crippen LogP) is 2.74. The van der Waals surface area contributed by atoms with Crippen molar-refractivity contribution in [1.29, 1.82) is 0 Å². The number of fused-ring (bicyclic) bond motifs is 1. The van der Waals surface area contributed by atoms with Gasteiger partial charge in [0.15, 0.2) is 5.65 Å². The van der Waals surface area contributed by atoms with Gasteiger partial charge < -0.3 is 5.32 Å². The Morgan fingerprint density at radius 1 is 0.879 bits per heavy atom. The number of hydrogen-bond acceptors (Lipinski definition) is 4. The number of nitrogens with one attached hydrogen (secondary N) is 1. The Morgan fingerprint density at radius 3 is 2.21 bits per heavy atom. The number of nitrogens with zero attached hydrogens (tertiary/aromatic N) is 3. The molecule has 168 valence electrons. The number of carbonyl (C=O) groups is 1. The fraction of sp³-hybridized carbons (Fsp3) is 0.231. The van der Waals surface area contributed by atoms with Crippen LogP contribution in [0.15, 0.2) is 88.6 Å².